The van der Waals surface area contributed by atoms with Crippen molar-refractivity contribution in [1.82, 2.24) is 0 Å². The van der Waals surface area contributed by atoms with Crippen molar-refractivity contribution < 1.29 is 0 Å². The van der Waals surface area contributed by atoms with E-state index in [4.69, 9.17) is 0 Å². The Kier molecular flexibility index (Phi) is 11.4. The second-order valence-electron chi connectivity index (χ2n) is 12.3. The van der Waals surface area contributed by atoms with Crippen molar-refractivity contribution >= 4 is 0 Å². The normalized spacial score (nSPS) is 36.0. The quantitative estimate of drug-likeness (QED) is 0.276. The van der Waals surface area contributed by atoms with Crippen LogP contribution in [-0.2, 0) is 0 Å². The van der Waals surface area contributed by atoms with Crippen LogP contribution in [0.3, 0.4) is 0 Å². The molecule has 0 atom stereocenters. The first-order chi connectivity index (χ1) is 15.7. The summed E-state index contributed by atoms with van der Waals surface area (Å²) in [6.07, 6.45) is 30.9. The standard InChI is InChI=1S/C31H55N/c1-3-5-7-8-9-10-12-27-15-19-30(20-16-27)31(25-32)23-21-29(22-24-31)28-17-13-26(14-18-28)11-6-4-2/h26-30H,3-24H2,1-2H3. The lowest BCUT2D eigenvalue weighted by Crippen LogP contribution is -2.38. The maximum atomic E-state index is 10.3. The van der Waals surface area contributed by atoms with Gasteiger partial charge >= 0.3 is 0 Å². The minimum atomic E-state index is 0.0416. The molecule has 0 unspecified atom stereocenters. The first-order valence-electron chi connectivity index (χ1n) is 15.1. The zero-order chi connectivity index (χ0) is 22.7. The molecule has 0 aromatic heterocycles. The third kappa shape index (κ3) is 7.50. The van der Waals surface area contributed by atoms with E-state index in [9.17, 15) is 5.26 Å². The molecular formula is C31H55N. The molecule has 1 nitrogen and oxygen atoms in total. The maximum Gasteiger partial charge on any atom is 0.0692 e. The molecule has 0 heterocycles. The highest BCUT2D eigenvalue weighted by Crippen LogP contribution is 2.52. The highest BCUT2D eigenvalue weighted by molar-refractivity contribution is 5.06. The topological polar surface area (TPSA) is 23.8 Å². The molecule has 0 aromatic carbocycles. The van der Waals surface area contributed by atoms with Gasteiger partial charge in [-0.2, -0.15) is 5.26 Å². The van der Waals surface area contributed by atoms with Crippen LogP contribution in [0, 0.1) is 46.3 Å². The van der Waals surface area contributed by atoms with Crippen molar-refractivity contribution in [1.29, 1.82) is 5.26 Å². The SMILES string of the molecule is CCCCCCCCC1CCC(C2(C#N)CCC(C3CCC(CCCC)CC3)CC2)CC1. The van der Waals surface area contributed by atoms with Crippen molar-refractivity contribution in [2.75, 3.05) is 0 Å². The van der Waals surface area contributed by atoms with E-state index in [0.717, 1.165) is 23.7 Å². The van der Waals surface area contributed by atoms with Gasteiger partial charge in [-0.15, -0.1) is 0 Å². The van der Waals surface area contributed by atoms with Crippen molar-refractivity contribution in [3.63, 3.8) is 0 Å². The van der Waals surface area contributed by atoms with Gasteiger partial charge in [-0.1, -0.05) is 104 Å². The van der Waals surface area contributed by atoms with E-state index in [1.54, 1.807) is 0 Å². The smallest absolute Gasteiger partial charge is 0.0692 e. The van der Waals surface area contributed by atoms with Gasteiger partial charge in [0.2, 0.25) is 0 Å². The average molecular weight is 442 g/mol. The van der Waals surface area contributed by atoms with Crippen molar-refractivity contribution in [2.45, 2.75) is 155 Å². The number of hydrogen-bond donors (Lipinski definition) is 0. The summed E-state index contributed by atoms with van der Waals surface area (Å²) in [5.74, 6) is 4.62. The summed E-state index contributed by atoms with van der Waals surface area (Å²) in [6.45, 7) is 4.63. The number of rotatable bonds is 12. The fourth-order valence-corrected chi connectivity index (χ4v) is 7.90. The lowest BCUT2D eigenvalue weighted by Gasteiger charge is -2.46. The summed E-state index contributed by atoms with van der Waals surface area (Å²) in [6, 6.07) is 2.93. The van der Waals surface area contributed by atoms with Crippen LogP contribution in [0.25, 0.3) is 0 Å². The van der Waals surface area contributed by atoms with Gasteiger partial charge in [-0.3, -0.25) is 0 Å². The molecule has 0 spiro atoms. The maximum absolute atomic E-state index is 10.3. The first-order valence-corrected chi connectivity index (χ1v) is 15.1. The molecule has 0 bridgehead atoms. The summed E-state index contributed by atoms with van der Waals surface area (Å²) in [5, 5.41) is 10.3. The van der Waals surface area contributed by atoms with Gasteiger partial charge in [0, 0.05) is 0 Å². The van der Waals surface area contributed by atoms with E-state index in [0.29, 0.717) is 5.92 Å². The van der Waals surface area contributed by atoms with Gasteiger partial charge in [-0.25, -0.2) is 0 Å². The van der Waals surface area contributed by atoms with Crippen LogP contribution in [0.4, 0.5) is 0 Å². The number of hydrogen-bond acceptors (Lipinski definition) is 1. The Hall–Kier alpha value is -0.510. The van der Waals surface area contributed by atoms with Gasteiger partial charge in [-0.05, 0) is 81.0 Å². The van der Waals surface area contributed by atoms with Crippen molar-refractivity contribution in [2.24, 2.45) is 35.0 Å². The molecule has 1 heteroatoms. The average Bonchev–Trinajstić information content (AvgIpc) is 2.85. The van der Waals surface area contributed by atoms with Crippen molar-refractivity contribution in [3.05, 3.63) is 0 Å². The van der Waals surface area contributed by atoms with E-state index in [1.165, 1.54) is 141 Å². The molecule has 0 radical (unpaired) electrons. The molecule has 32 heavy (non-hydrogen) atoms. The Balaban J connectivity index is 1.35. The zero-order valence-electron chi connectivity index (χ0n) is 21.9. The predicted molar refractivity (Wildman–Crippen MR) is 138 cm³/mol. The van der Waals surface area contributed by atoms with Crippen LogP contribution in [0.15, 0.2) is 0 Å². The van der Waals surface area contributed by atoms with Crippen LogP contribution in [0.2, 0.25) is 0 Å². The predicted octanol–water partition coefficient (Wildman–Crippen LogP) is 10.2. The molecule has 184 valence electrons. The molecule has 0 N–H and O–H groups in total. The Morgan fingerprint density at radius 3 is 1.69 bits per heavy atom. The van der Waals surface area contributed by atoms with E-state index in [1.807, 2.05) is 0 Å². The van der Waals surface area contributed by atoms with Crippen LogP contribution in [0.5, 0.6) is 0 Å². The van der Waals surface area contributed by atoms with Crippen LogP contribution < -0.4 is 0 Å². The molecule has 0 saturated heterocycles. The molecule has 3 rings (SSSR count). The van der Waals surface area contributed by atoms with Gasteiger partial charge in [0.25, 0.3) is 0 Å². The molecule has 0 aromatic rings. The van der Waals surface area contributed by atoms with Crippen LogP contribution in [-0.4, -0.2) is 0 Å². The largest absolute Gasteiger partial charge is 0.198 e. The fourth-order valence-electron chi connectivity index (χ4n) is 7.90. The highest BCUT2D eigenvalue weighted by atomic mass is 14.5. The third-order valence-corrected chi connectivity index (χ3v) is 10.3. The van der Waals surface area contributed by atoms with Crippen LogP contribution in [0.1, 0.15) is 155 Å². The molecule has 3 saturated carbocycles. The lowest BCUT2D eigenvalue weighted by molar-refractivity contribution is 0.0601. The fraction of sp³-hybridized carbons (Fsp3) is 0.968. The summed E-state index contributed by atoms with van der Waals surface area (Å²) in [7, 11) is 0. The van der Waals surface area contributed by atoms with Gasteiger partial charge in [0.15, 0.2) is 0 Å². The Bertz CT molecular complexity index is 521. The molecular weight excluding hydrogens is 386 g/mol. The molecule has 3 aliphatic carbocycles. The van der Waals surface area contributed by atoms with Gasteiger partial charge < -0.3 is 0 Å². The third-order valence-electron chi connectivity index (χ3n) is 10.3. The van der Waals surface area contributed by atoms with E-state index in [-0.39, 0.29) is 5.41 Å². The minimum absolute atomic E-state index is 0.0416. The van der Waals surface area contributed by atoms with E-state index < -0.39 is 0 Å². The second kappa shape index (κ2) is 14.0. The second-order valence-corrected chi connectivity index (χ2v) is 12.3. The summed E-state index contributed by atoms with van der Waals surface area (Å²) < 4.78 is 0. The number of nitrogens with zero attached hydrogens (tertiary/aromatic N) is 1. The number of nitriles is 1. The lowest BCUT2D eigenvalue weighted by atomic mass is 9.57. The Labute approximate surface area is 201 Å². The monoisotopic (exact) mass is 441 g/mol. The van der Waals surface area contributed by atoms with Gasteiger partial charge in [0.05, 0.1) is 11.5 Å². The molecule has 3 fully saturated rings. The van der Waals surface area contributed by atoms with Gasteiger partial charge in [0.1, 0.15) is 0 Å². The Morgan fingerprint density at radius 2 is 1.09 bits per heavy atom. The summed E-state index contributed by atoms with van der Waals surface area (Å²) in [5.41, 5.74) is 0.0416. The van der Waals surface area contributed by atoms with Crippen LogP contribution >= 0.6 is 0 Å². The Morgan fingerprint density at radius 1 is 0.594 bits per heavy atom. The summed E-state index contributed by atoms with van der Waals surface area (Å²) in [4.78, 5) is 0. The summed E-state index contributed by atoms with van der Waals surface area (Å²) >= 11 is 0. The minimum Gasteiger partial charge on any atom is -0.198 e. The zero-order valence-corrected chi connectivity index (χ0v) is 21.9. The van der Waals surface area contributed by atoms with Crippen molar-refractivity contribution in [3.8, 4) is 6.07 Å². The highest BCUT2D eigenvalue weighted by Gasteiger charge is 2.44. The number of unbranched alkanes of at least 4 members (excludes halogenated alkanes) is 6. The molecule has 3 aliphatic rings. The molecule has 0 aliphatic heterocycles. The first kappa shape index (κ1) is 26.1. The van der Waals surface area contributed by atoms with E-state index in [2.05, 4.69) is 19.9 Å². The van der Waals surface area contributed by atoms with E-state index >= 15 is 0 Å². The molecule has 0 amide bonds.